The van der Waals surface area contributed by atoms with Gasteiger partial charge in [-0.25, -0.2) is 0 Å². The molecule has 1 aromatic rings. The first-order chi connectivity index (χ1) is 6.27. The Morgan fingerprint density at radius 1 is 1.38 bits per heavy atom. The van der Waals surface area contributed by atoms with Crippen LogP contribution in [0.15, 0.2) is 28.7 Å². The van der Waals surface area contributed by atoms with Gasteiger partial charge in [0.25, 0.3) is 0 Å². The molecule has 1 N–H and O–H groups in total. The van der Waals surface area contributed by atoms with Crippen LogP contribution < -0.4 is 0 Å². The van der Waals surface area contributed by atoms with Crippen LogP contribution in [-0.2, 0) is 4.74 Å². The monoisotopic (exact) mass is 244 g/mol. The van der Waals surface area contributed by atoms with Crippen LogP contribution in [0.2, 0.25) is 0 Å². The van der Waals surface area contributed by atoms with Crippen molar-refractivity contribution in [3.8, 4) is 0 Å². The Kier molecular flexibility index (Phi) is 4.42. The smallest absolute Gasteiger partial charge is 0.0843 e. The zero-order chi connectivity index (χ0) is 9.68. The minimum Gasteiger partial charge on any atom is -0.396 e. The topological polar surface area (TPSA) is 29.5 Å². The predicted molar refractivity (Wildman–Crippen MR) is 55.6 cm³/mol. The van der Waals surface area contributed by atoms with E-state index in [2.05, 4.69) is 15.9 Å². The number of aliphatic hydroxyl groups is 1. The Labute approximate surface area is 86.7 Å². The highest BCUT2D eigenvalue weighted by atomic mass is 79.9. The van der Waals surface area contributed by atoms with Crippen LogP contribution in [0.3, 0.4) is 0 Å². The second-order valence-electron chi connectivity index (χ2n) is 2.79. The van der Waals surface area contributed by atoms with E-state index in [0.717, 1.165) is 10.0 Å². The highest BCUT2D eigenvalue weighted by molar-refractivity contribution is 9.10. The van der Waals surface area contributed by atoms with Gasteiger partial charge in [0.05, 0.1) is 6.10 Å². The molecule has 0 aliphatic rings. The number of benzene rings is 1. The van der Waals surface area contributed by atoms with Crippen LogP contribution in [-0.4, -0.2) is 18.8 Å². The number of ether oxygens (including phenoxy) is 1. The van der Waals surface area contributed by atoms with E-state index in [1.807, 2.05) is 24.3 Å². The summed E-state index contributed by atoms with van der Waals surface area (Å²) in [6.45, 7) is 0.147. The fourth-order valence-electron chi connectivity index (χ4n) is 1.22. The number of rotatable bonds is 4. The van der Waals surface area contributed by atoms with Gasteiger partial charge in [0.1, 0.15) is 0 Å². The molecule has 0 fully saturated rings. The molecule has 1 unspecified atom stereocenters. The van der Waals surface area contributed by atoms with E-state index in [0.29, 0.717) is 6.42 Å². The van der Waals surface area contributed by atoms with Gasteiger partial charge >= 0.3 is 0 Å². The first kappa shape index (κ1) is 10.7. The SMILES string of the molecule is COC(CCO)c1ccc(Br)cc1. The zero-order valence-electron chi connectivity index (χ0n) is 7.53. The molecule has 1 atom stereocenters. The van der Waals surface area contributed by atoms with Gasteiger partial charge in [-0.15, -0.1) is 0 Å². The first-order valence-corrected chi connectivity index (χ1v) is 4.96. The summed E-state index contributed by atoms with van der Waals surface area (Å²) in [5, 5.41) is 8.79. The fourth-order valence-corrected chi connectivity index (χ4v) is 1.48. The lowest BCUT2D eigenvalue weighted by Gasteiger charge is -2.13. The van der Waals surface area contributed by atoms with Gasteiger partial charge < -0.3 is 9.84 Å². The molecule has 2 nitrogen and oxygen atoms in total. The summed E-state index contributed by atoms with van der Waals surface area (Å²) in [6, 6.07) is 7.93. The van der Waals surface area contributed by atoms with Gasteiger partial charge in [-0.3, -0.25) is 0 Å². The quantitative estimate of drug-likeness (QED) is 0.883. The van der Waals surface area contributed by atoms with Crippen molar-refractivity contribution in [2.24, 2.45) is 0 Å². The maximum absolute atomic E-state index is 8.79. The van der Waals surface area contributed by atoms with Crippen molar-refractivity contribution in [1.29, 1.82) is 0 Å². The lowest BCUT2D eigenvalue weighted by Crippen LogP contribution is -2.03. The lowest BCUT2D eigenvalue weighted by molar-refractivity contribution is 0.0775. The lowest BCUT2D eigenvalue weighted by atomic mass is 10.1. The van der Waals surface area contributed by atoms with Gasteiger partial charge in [-0.05, 0) is 17.7 Å². The summed E-state index contributed by atoms with van der Waals surface area (Å²) in [5.74, 6) is 0. The van der Waals surface area contributed by atoms with Gasteiger partial charge in [-0.1, -0.05) is 28.1 Å². The molecule has 13 heavy (non-hydrogen) atoms. The van der Waals surface area contributed by atoms with Crippen LogP contribution in [0.4, 0.5) is 0 Å². The van der Waals surface area contributed by atoms with Crippen LogP contribution in [0.5, 0.6) is 0 Å². The van der Waals surface area contributed by atoms with Crippen LogP contribution in [0.25, 0.3) is 0 Å². The molecule has 0 saturated heterocycles. The van der Waals surface area contributed by atoms with Crippen molar-refractivity contribution in [2.45, 2.75) is 12.5 Å². The molecule has 0 aliphatic carbocycles. The third-order valence-corrected chi connectivity index (χ3v) is 2.45. The Morgan fingerprint density at radius 3 is 2.46 bits per heavy atom. The molecular weight excluding hydrogens is 232 g/mol. The molecule has 1 rings (SSSR count). The molecule has 0 bridgehead atoms. The minimum atomic E-state index is -0.00176. The zero-order valence-corrected chi connectivity index (χ0v) is 9.12. The number of methoxy groups -OCH3 is 1. The van der Waals surface area contributed by atoms with Crippen molar-refractivity contribution in [2.75, 3.05) is 13.7 Å². The second kappa shape index (κ2) is 5.37. The van der Waals surface area contributed by atoms with Crippen LogP contribution in [0, 0.1) is 0 Å². The van der Waals surface area contributed by atoms with E-state index in [9.17, 15) is 0 Å². The molecule has 72 valence electrons. The van der Waals surface area contributed by atoms with E-state index in [1.54, 1.807) is 7.11 Å². The normalized spacial score (nSPS) is 12.8. The molecule has 0 spiro atoms. The number of halogens is 1. The van der Waals surface area contributed by atoms with E-state index < -0.39 is 0 Å². The van der Waals surface area contributed by atoms with Crippen molar-refractivity contribution in [3.63, 3.8) is 0 Å². The van der Waals surface area contributed by atoms with E-state index in [1.165, 1.54) is 0 Å². The Morgan fingerprint density at radius 2 is 2.00 bits per heavy atom. The highest BCUT2D eigenvalue weighted by Gasteiger charge is 2.08. The highest BCUT2D eigenvalue weighted by Crippen LogP contribution is 2.21. The predicted octanol–water partition coefficient (Wildman–Crippen LogP) is 2.52. The molecule has 0 amide bonds. The van der Waals surface area contributed by atoms with Crippen LogP contribution >= 0.6 is 15.9 Å². The van der Waals surface area contributed by atoms with E-state index >= 15 is 0 Å². The maximum Gasteiger partial charge on any atom is 0.0843 e. The number of hydrogen-bond donors (Lipinski definition) is 1. The van der Waals surface area contributed by atoms with Gasteiger partial charge in [-0.2, -0.15) is 0 Å². The maximum atomic E-state index is 8.79. The number of hydrogen-bond acceptors (Lipinski definition) is 2. The summed E-state index contributed by atoms with van der Waals surface area (Å²) < 4.78 is 6.29. The fraction of sp³-hybridized carbons (Fsp3) is 0.400. The summed E-state index contributed by atoms with van der Waals surface area (Å²) in [4.78, 5) is 0. The summed E-state index contributed by atoms with van der Waals surface area (Å²) >= 11 is 3.37. The van der Waals surface area contributed by atoms with Crippen molar-refractivity contribution in [3.05, 3.63) is 34.3 Å². The summed E-state index contributed by atoms with van der Waals surface area (Å²) in [5.41, 5.74) is 1.10. The third-order valence-electron chi connectivity index (χ3n) is 1.92. The van der Waals surface area contributed by atoms with E-state index in [-0.39, 0.29) is 12.7 Å². The molecular formula is C10H13BrO2. The minimum absolute atomic E-state index is 0.00176. The molecule has 0 aliphatic heterocycles. The molecule has 0 radical (unpaired) electrons. The Bertz CT molecular complexity index is 246. The van der Waals surface area contributed by atoms with Crippen LogP contribution in [0.1, 0.15) is 18.1 Å². The van der Waals surface area contributed by atoms with Crippen molar-refractivity contribution < 1.29 is 9.84 Å². The molecule has 0 aromatic heterocycles. The summed E-state index contributed by atoms with van der Waals surface area (Å²) in [6.07, 6.45) is 0.635. The standard InChI is InChI=1S/C10H13BrO2/c1-13-10(6-7-12)8-2-4-9(11)5-3-8/h2-5,10,12H,6-7H2,1H3. The van der Waals surface area contributed by atoms with Gasteiger partial charge in [0.15, 0.2) is 0 Å². The summed E-state index contributed by atoms with van der Waals surface area (Å²) in [7, 11) is 1.66. The molecule has 0 heterocycles. The largest absolute Gasteiger partial charge is 0.396 e. The van der Waals surface area contributed by atoms with Crippen molar-refractivity contribution >= 4 is 15.9 Å². The average molecular weight is 245 g/mol. The van der Waals surface area contributed by atoms with Crippen molar-refractivity contribution in [1.82, 2.24) is 0 Å². The molecule has 3 heteroatoms. The third kappa shape index (κ3) is 3.10. The first-order valence-electron chi connectivity index (χ1n) is 4.17. The van der Waals surface area contributed by atoms with Gasteiger partial charge in [0.2, 0.25) is 0 Å². The second-order valence-corrected chi connectivity index (χ2v) is 3.70. The van der Waals surface area contributed by atoms with E-state index in [4.69, 9.17) is 9.84 Å². The number of aliphatic hydroxyl groups excluding tert-OH is 1. The molecule has 0 saturated carbocycles. The Hall–Kier alpha value is -0.380. The average Bonchev–Trinajstić information content (AvgIpc) is 2.16. The Balaban J connectivity index is 2.73. The molecule has 1 aromatic carbocycles. The van der Waals surface area contributed by atoms with Gasteiger partial charge in [0, 0.05) is 24.6 Å².